The van der Waals surface area contributed by atoms with Crippen molar-refractivity contribution in [2.45, 2.75) is 32.2 Å². The molecule has 3 heterocycles. The van der Waals surface area contributed by atoms with E-state index in [2.05, 4.69) is 4.98 Å². The molecule has 0 radical (unpaired) electrons. The zero-order valence-corrected chi connectivity index (χ0v) is 17.9. The minimum absolute atomic E-state index is 0.0106. The van der Waals surface area contributed by atoms with Gasteiger partial charge in [-0.05, 0) is 55.7 Å². The zero-order valence-electron chi connectivity index (χ0n) is 16.3. The van der Waals surface area contributed by atoms with E-state index >= 15 is 0 Å². The van der Waals surface area contributed by atoms with Gasteiger partial charge in [-0.3, -0.25) is 9.20 Å². The van der Waals surface area contributed by atoms with Crippen LogP contribution in [0.15, 0.2) is 54.0 Å². The SMILES string of the molecule is C[C@@H]1CCc2cc(F)ccc2N1C(=O)Cc1csc2nc(-c3ccc(Cl)cc3)cn12. The quantitative estimate of drug-likeness (QED) is 0.406. The first-order valence-electron chi connectivity index (χ1n) is 9.81. The molecule has 0 fully saturated rings. The van der Waals surface area contributed by atoms with E-state index in [4.69, 9.17) is 11.6 Å². The van der Waals surface area contributed by atoms with Crippen molar-refractivity contribution in [1.82, 2.24) is 9.38 Å². The number of aromatic nitrogens is 2. The Morgan fingerprint density at radius 2 is 2.07 bits per heavy atom. The molecule has 0 aliphatic carbocycles. The lowest BCUT2D eigenvalue weighted by Gasteiger charge is -2.35. The van der Waals surface area contributed by atoms with Gasteiger partial charge in [0.1, 0.15) is 5.82 Å². The lowest BCUT2D eigenvalue weighted by molar-refractivity contribution is -0.118. The first-order chi connectivity index (χ1) is 14.5. The zero-order chi connectivity index (χ0) is 20.8. The van der Waals surface area contributed by atoms with Gasteiger partial charge >= 0.3 is 0 Å². The van der Waals surface area contributed by atoms with Crippen molar-refractivity contribution in [3.63, 3.8) is 0 Å². The van der Waals surface area contributed by atoms with Crippen LogP contribution >= 0.6 is 22.9 Å². The van der Waals surface area contributed by atoms with Crippen LogP contribution in [0.3, 0.4) is 0 Å². The van der Waals surface area contributed by atoms with Crippen LogP contribution in [0.2, 0.25) is 5.02 Å². The molecule has 152 valence electrons. The van der Waals surface area contributed by atoms with Crippen LogP contribution in [0, 0.1) is 5.82 Å². The molecule has 1 atom stereocenters. The molecule has 2 aromatic heterocycles. The van der Waals surface area contributed by atoms with Gasteiger partial charge in [-0.1, -0.05) is 23.7 Å². The smallest absolute Gasteiger partial charge is 0.233 e. The number of benzene rings is 2. The summed E-state index contributed by atoms with van der Waals surface area (Å²) in [6.45, 7) is 2.04. The molecule has 1 aliphatic heterocycles. The van der Waals surface area contributed by atoms with Gasteiger partial charge in [-0.25, -0.2) is 9.37 Å². The van der Waals surface area contributed by atoms with E-state index in [1.54, 1.807) is 12.1 Å². The first-order valence-corrected chi connectivity index (χ1v) is 11.1. The number of hydrogen-bond donors (Lipinski definition) is 0. The number of rotatable bonds is 3. The second-order valence-corrected chi connectivity index (χ2v) is 8.89. The Morgan fingerprint density at radius 1 is 1.27 bits per heavy atom. The maximum Gasteiger partial charge on any atom is 0.233 e. The van der Waals surface area contributed by atoms with Crippen LogP contribution in [-0.4, -0.2) is 21.3 Å². The Labute approximate surface area is 182 Å². The van der Waals surface area contributed by atoms with Crippen LogP contribution in [0.25, 0.3) is 16.2 Å². The fourth-order valence-electron chi connectivity index (χ4n) is 4.06. The average Bonchev–Trinajstić information content (AvgIpc) is 3.30. The van der Waals surface area contributed by atoms with Crippen molar-refractivity contribution in [2.24, 2.45) is 0 Å². The molecular formula is C23H19ClFN3OS. The molecule has 5 rings (SSSR count). The topological polar surface area (TPSA) is 37.6 Å². The molecule has 0 unspecified atom stereocenters. The number of hydrogen-bond acceptors (Lipinski definition) is 3. The number of fused-ring (bicyclic) bond motifs is 2. The summed E-state index contributed by atoms with van der Waals surface area (Å²) in [5.41, 5.74) is 4.44. The van der Waals surface area contributed by atoms with Crippen molar-refractivity contribution in [3.05, 3.63) is 76.1 Å². The van der Waals surface area contributed by atoms with E-state index in [-0.39, 0.29) is 24.2 Å². The summed E-state index contributed by atoms with van der Waals surface area (Å²) >= 11 is 7.50. The lowest BCUT2D eigenvalue weighted by Crippen LogP contribution is -2.43. The highest BCUT2D eigenvalue weighted by atomic mass is 35.5. The summed E-state index contributed by atoms with van der Waals surface area (Å²) < 4.78 is 15.6. The molecule has 0 saturated heterocycles. The van der Waals surface area contributed by atoms with Crippen molar-refractivity contribution in [3.8, 4) is 11.3 Å². The Kier molecular flexibility index (Phi) is 4.83. The summed E-state index contributed by atoms with van der Waals surface area (Å²) in [4.78, 5) is 20.6. The molecular weight excluding hydrogens is 421 g/mol. The van der Waals surface area contributed by atoms with Gasteiger partial charge < -0.3 is 4.90 Å². The molecule has 0 saturated carbocycles. The number of aryl methyl sites for hydroxylation is 1. The Hall–Kier alpha value is -2.70. The van der Waals surface area contributed by atoms with Crippen molar-refractivity contribution in [2.75, 3.05) is 4.90 Å². The largest absolute Gasteiger partial charge is 0.309 e. The molecule has 2 aromatic carbocycles. The first kappa shape index (κ1) is 19.3. The second-order valence-electron chi connectivity index (χ2n) is 7.61. The Bertz CT molecular complexity index is 1250. The molecule has 30 heavy (non-hydrogen) atoms. The molecule has 4 aromatic rings. The van der Waals surface area contributed by atoms with Crippen LogP contribution in [-0.2, 0) is 17.6 Å². The maximum atomic E-state index is 13.6. The summed E-state index contributed by atoms with van der Waals surface area (Å²) in [5, 5.41) is 2.66. The highest BCUT2D eigenvalue weighted by Crippen LogP contribution is 2.32. The number of imidazole rings is 1. The predicted molar refractivity (Wildman–Crippen MR) is 119 cm³/mol. The summed E-state index contributed by atoms with van der Waals surface area (Å²) in [5.74, 6) is -0.250. The van der Waals surface area contributed by atoms with E-state index in [1.807, 2.05) is 52.1 Å². The Morgan fingerprint density at radius 3 is 2.87 bits per heavy atom. The predicted octanol–water partition coefficient (Wildman–Crippen LogP) is 5.77. The van der Waals surface area contributed by atoms with Gasteiger partial charge in [-0.2, -0.15) is 0 Å². The van der Waals surface area contributed by atoms with Crippen molar-refractivity contribution in [1.29, 1.82) is 0 Å². The number of anilines is 1. The molecule has 7 heteroatoms. The van der Waals surface area contributed by atoms with E-state index in [0.29, 0.717) is 5.02 Å². The summed E-state index contributed by atoms with van der Waals surface area (Å²) in [7, 11) is 0. The number of amides is 1. The highest BCUT2D eigenvalue weighted by Gasteiger charge is 2.29. The third-order valence-corrected chi connectivity index (χ3v) is 6.74. The van der Waals surface area contributed by atoms with Crippen LogP contribution in [0.1, 0.15) is 24.6 Å². The number of nitrogens with zero attached hydrogens (tertiary/aromatic N) is 3. The highest BCUT2D eigenvalue weighted by molar-refractivity contribution is 7.15. The fourth-order valence-corrected chi connectivity index (χ4v) is 5.06. The Balaban J connectivity index is 1.44. The van der Waals surface area contributed by atoms with Crippen molar-refractivity contribution >= 4 is 39.5 Å². The molecule has 0 N–H and O–H groups in total. The number of thiazole rings is 1. The van der Waals surface area contributed by atoms with E-state index in [9.17, 15) is 9.18 Å². The van der Waals surface area contributed by atoms with Gasteiger partial charge in [0.15, 0.2) is 4.96 Å². The maximum absolute atomic E-state index is 13.6. The third-order valence-electron chi connectivity index (χ3n) is 5.60. The van der Waals surface area contributed by atoms with Gasteiger partial charge in [0, 0.05) is 39.6 Å². The van der Waals surface area contributed by atoms with Gasteiger partial charge in [-0.15, -0.1) is 11.3 Å². The minimum atomic E-state index is -0.261. The van der Waals surface area contributed by atoms with Gasteiger partial charge in [0.25, 0.3) is 0 Å². The monoisotopic (exact) mass is 439 g/mol. The number of carbonyl (C=O) groups is 1. The number of carbonyl (C=O) groups excluding carboxylic acids is 1. The third kappa shape index (κ3) is 3.40. The standard InChI is InChI=1S/C23H19ClFN3OS/c1-14-2-3-16-10-18(25)8-9-21(16)28(14)22(29)11-19-13-30-23-26-20(12-27(19)23)15-4-6-17(24)7-5-15/h4-10,12-14H,2-3,11H2,1H3/t14-/m1/s1. The summed E-state index contributed by atoms with van der Waals surface area (Å²) in [6.07, 6.45) is 3.83. The minimum Gasteiger partial charge on any atom is -0.309 e. The van der Waals surface area contributed by atoms with Crippen LogP contribution < -0.4 is 4.90 Å². The van der Waals surface area contributed by atoms with Crippen LogP contribution in [0.4, 0.5) is 10.1 Å². The molecule has 1 amide bonds. The molecule has 0 bridgehead atoms. The van der Waals surface area contributed by atoms with E-state index in [0.717, 1.165) is 46.0 Å². The average molecular weight is 440 g/mol. The normalized spacial score (nSPS) is 16.1. The van der Waals surface area contributed by atoms with E-state index in [1.165, 1.54) is 17.4 Å². The second kappa shape index (κ2) is 7.52. The van der Waals surface area contributed by atoms with Gasteiger partial charge in [0.05, 0.1) is 12.1 Å². The number of halogens is 2. The fraction of sp³-hybridized carbons (Fsp3) is 0.217. The van der Waals surface area contributed by atoms with E-state index < -0.39 is 0 Å². The molecule has 0 spiro atoms. The lowest BCUT2D eigenvalue weighted by atomic mass is 9.96. The summed E-state index contributed by atoms with van der Waals surface area (Å²) in [6, 6.07) is 12.3. The molecule has 4 nitrogen and oxygen atoms in total. The van der Waals surface area contributed by atoms with Crippen LogP contribution in [0.5, 0.6) is 0 Å². The molecule has 1 aliphatic rings. The van der Waals surface area contributed by atoms with Gasteiger partial charge in [0.2, 0.25) is 5.91 Å². The van der Waals surface area contributed by atoms with Crippen molar-refractivity contribution < 1.29 is 9.18 Å².